The van der Waals surface area contributed by atoms with Crippen LogP contribution < -0.4 is 0 Å². The maximum Gasteiger partial charge on any atom is 0.239 e. The first-order chi connectivity index (χ1) is 13.2. The van der Waals surface area contributed by atoms with Crippen LogP contribution in [0, 0.1) is 0 Å². The molecular weight excluding hydrogens is 338 g/mol. The minimum absolute atomic E-state index is 0.0654. The van der Waals surface area contributed by atoms with Crippen molar-refractivity contribution in [3.05, 3.63) is 30.2 Å². The van der Waals surface area contributed by atoms with Crippen LogP contribution in [-0.4, -0.2) is 52.4 Å². The second kappa shape index (κ2) is 8.01. The number of fused-ring (bicyclic) bond motifs is 1. The van der Waals surface area contributed by atoms with E-state index < -0.39 is 0 Å². The topological polar surface area (TPSA) is 49.6 Å². The van der Waals surface area contributed by atoms with Crippen molar-refractivity contribution in [3.63, 3.8) is 0 Å². The minimum atomic E-state index is -0.0654. The van der Waals surface area contributed by atoms with Gasteiger partial charge in [-0.3, -0.25) is 9.69 Å². The van der Waals surface area contributed by atoms with E-state index in [4.69, 9.17) is 9.40 Å². The van der Waals surface area contributed by atoms with Gasteiger partial charge in [0.1, 0.15) is 5.52 Å². The van der Waals surface area contributed by atoms with E-state index in [1.165, 1.54) is 6.42 Å². The molecule has 3 unspecified atom stereocenters. The first-order valence-corrected chi connectivity index (χ1v) is 10.6. The summed E-state index contributed by atoms with van der Waals surface area (Å²) < 4.78 is 6.01. The van der Waals surface area contributed by atoms with Crippen LogP contribution in [0.3, 0.4) is 0 Å². The summed E-state index contributed by atoms with van der Waals surface area (Å²) in [5.41, 5.74) is 1.78. The Hall–Kier alpha value is -1.88. The van der Waals surface area contributed by atoms with E-state index in [2.05, 4.69) is 23.6 Å². The fraction of sp³-hybridized carbons (Fsp3) is 0.636. The van der Waals surface area contributed by atoms with Crippen LogP contribution in [0.1, 0.15) is 64.2 Å². The van der Waals surface area contributed by atoms with Crippen molar-refractivity contribution in [1.29, 1.82) is 0 Å². The standard InChI is InChI=1S/C22H31N3O2/c1-3-18-10-6-7-14-25(18)22(26)16(2)24-13-8-9-17(15-24)21-23-19-11-4-5-12-20(19)27-21/h4-5,11-12,16-18H,3,6-10,13-15H2,1-2H3. The second-order valence-corrected chi connectivity index (χ2v) is 8.12. The summed E-state index contributed by atoms with van der Waals surface area (Å²) in [6.45, 7) is 7.03. The molecule has 2 fully saturated rings. The van der Waals surface area contributed by atoms with E-state index in [1.54, 1.807) is 0 Å². The lowest BCUT2D eigenvalue weighted by Gasteiger charge is -2.41. The predicted molar refractivity (Wildman–Crippen MR) is 107 cm³/mol. The third kappa shape index (κ3) is 3.75. The number of benzene rings is 1. The zero-order chi connectivity index (χ0) is 18.8. The van der Waals surface area contributed by atoms with E-state index in [9.17, 15) is 4.79 Å². The molecule has 3 heterocycles. The Labute approximate surface area is 161 Å². The molecule has 0 saturated carbocycles. The average molecular weight is 370 g/mol. The quantitative estimate of drug-likeness (QED) is 0.811. The van der Waals surface area contributed by atoms with E-state index in [0.29, 0.717) is 11.9 Å². The van der Waals surface area contributed by atoms with Crippen molar-refractivity contribution < 1.29 is 9.21 Å². The smallest absolute Gasteiger partial charge is 0.239 e. The van der Waals surface area contributed by atoms with E-state index >= 15 is 0 Å². The monoisotopic (exact) mass is 369 g/mol. The molecule has 0 bridgehead atoms. The van der Waals surface area contributed by atoms with Gasteiger partial charge in [-0.25, -0.2) is 4.98 Å². The van der Waals surface area contributed by atoms with Gasteiger partial charge in [-0.2, -0.15) is 0 Å². The molecule has 2 aromatic rings. The minimum Gasteiger partial charge on any atom is -0.440 e. The molecule has 0 radical (unpaired) electrons. The molecule has 1 aromatic carbocycles. The van der Waals surface area contributed by atoms with E-state index in [1.807, 2.05) is 24.3 Å². The van der Waals surface area contributed by atoms with Gasteiger partial charge >= 0.3 is 0 Å². The third-order valence-electron chi connectivity index (χ3n) is 6.40. The van der Waals surface area contributed by atoms with Gasteiger partial charge in [0.15, 0.2) is 11.5 Å². The highest BCUT2D eigenvalue weighted by molar-refractivity contribution is 5.82. The van der Waals surface area contributed by atoms with Crippen LogP contribution >= 0.6 is 0 Å². The first-order valence-electron chi connectivity index (χ1n) is 10.6. The molecule has 0 N–H and O–H groups in total. The molecule has 146 valence electrons. The molecule has 5 heteroatoms. The van der Waals surface area contributed by atoms with Crippen LogP contribution in [0.5, 0.6) is 0 Å². The number of hydrogen-bond donors (Lipinski definition) is 0. The van der Waals surface area contributed by atoms with Crippen LogP contribution in [0.25, 0.3) is 11.1 Å². The van der Waals surface area contributed by atoms with Crippen molar-refractivity contribution in [2.24, 2.45) is 0 Å². The molecule has 0 spiro atoms. The summed E-state index contributed by atoms with van der Waals surface area (Å²) in [6.07, 6.45) is 6.76. The third-order valence-corrected chi connectivity index (χ3v) is 6.40. The van der Waals surface area contributed by atoms with Crippen LogP contribution in [-0.2, 0) is 4.79 Å². The van der Waals surface area contributed by atoms with Crippen molar-refractivity contribution in [1.82, 2.24) is 14.8 Å². The van der Waals surface area contributed by atoms with Gasteiger partial charge in [0.2, 0.25) is 5.91 Å². The highest BCUT2D eigenvalue weighted by Gasteiger charge is 2.34. The number of para-hydroxylation sites is 2. The van der Waals surface area contributed by atoms with Crippen molar-refractivity contribution in [3.8, 4) is 0 Å². The van der Waals surface area contributed by atoms with Gasteiger partial charge in [-0.15, -0.1) is 0 Å². The Morgan fingerprint density at radius 2 is 2.07 bits per heavy atom. The SMILES string of the molecule is CCC1CCCCN1C(=O)C(C)N1CCCC(c2nc3ccccc3o2)C1. The van der Waals surface area contributed by atoms with Gasteiger partial charge < -0.3 is 9.32 Å². The number of piperidine rings is 2. The number of nitrogens with zero attached hydrogens (tertiary/aromatic N) is 3. The molecule has 3 atom stereocenters. The average Bonchev–Trinajstić information content (AvgIpc) is 3.17. The highest BCUT2D eigenvalue weighted by Crippen LogP contribution is 2.30. The van der Waals surface area contributed by atoms with Crippen LogP contribution in [0.15, 0.2) is 28.7 Å². The van der Waals surface area contributed by atoms with Crippen molar-refractivity contribution >= 4 is 17.0 Å². The summed E-state index contributed by atoms with van der Waals surface area (Å²) >= 11 is 0. The Bertz CT molecular complexity index is 754. The lowest BCUT2D eigenvalue weighted by molar-refractivity contribution is -0.140. The number of hydrogen-bond acceptors (Lipinski definition) is 4. The predicted octanol–water partition coefficient (Wildman–Crippen LogP) is 4.19. The van der Waals surface area contributed by atoms with Crippen LogP contribution in [0.2, 0.25) is 0 Å². The van der Waals surface area contributed by atoms with E-state index in [0.717, 1.165) is 68.7 Å². The largest absolute Gasteiger partial charge is 0.440 e. The molecular formula is C22H31N3O2. The second-order valence-electron chi connectivity index (χ2n) is 8.12. The van der Waals surface area contributed by atoms with Crippen molar-refractivity contribution in [2.45, 2.75) is 70.4 Å². The van der Waals surface area contributed by atoms with Gasteiger partial charge in [-0.05, 0) is 64.1 Å². The molecule has 1 amide bonds. The first kappa shape index (κ1) is 18.5. The number of carbonyl (C=O) groups is 1. The van der Waals surface area contributed by atoms with Gasteiger partial charge in [0.25, 0.3) is 0 Å². The Balaban J connectivity index is 1.46. The summed E-state index contributed by atoms with van der Waals surface area (Å²) in [7, 11) is 0. The molecule has 2 aliphatic rings. The fourth-order valence-corrected chi connectivity index (χ4v) is 4.74. The highest BCUT2D eigenvalue weighted by atomic mass is 16.3. The maximum absolute atomic E-state index is 13.2. The van der Waals surface area contributed by atoms with Gasteiger partial charge in [0, 0.05) is 25.0 Å². The normalized spacial score (nSPS) is 25.6. The fourth-order valence-electron chi connectivity index (χ4n) is 4.74. The summed E-state index contributed by atoms with van der Waals surface area (Å²) in [6, 6.07) is 8.30. The molecule has 27 heavy (non-hydrogen) atoms. The summed E-state index contributed by atoms with van der Waals surface area (Å²) in [5, 5.41) is 0. The van der Waals surface area contributed by atoms with Gasteiger partial charge in [-0.1, -0.05) is 19.1 Å². The number of rotatable bonds is 4. The number of amides is 1. The molecule has 4 rings (SSSR count). The summed E-state index contributed by atoms with van der Waals surface area (Å²) in [4.78, 5) is 22.4. The molecule has 2 aliphatic heterocycles. The molecule has 2 saturated heterocycles. The van der Waals surface area contributed by atoms with E-state index in [-0.39, 0.29) is 12.0 Å². The number of likely N-dealkylation sites (tertiary alicyclic amines) is 2. The summed E-state index contributed by atoms with van der Waals surface area (Å²) in [5.74, 6) is 1.40. The lowest BCUT2D eigenvalue weighted by Crippen LogP contribution is -2.53. The molecule has 0 aliphatic carbocycles. The zero-order valence-corrected chi connectivity index (χ0v) is 16.6. The Kier molecular flexibility index (Phi) is 5.48. The Morgan fingerprint density at radius 1 is 1.22 bits per heavy atom. The Morgan fingerprint density at radius 3 is 2.89 bits per heavy atom. The molecule has 5 nitrogen and oxygen atoms in total. The number of carbonyl (C=O) groups excluding carboxylic acids is 1. The number of oxazole rings is 1. The van der Waals surface area contributed by atoms with Crippen LogP contribution in [0.4, 0.5) is 0 Å². The zero-order valence-electron chi connectivity index (χ0n) is 16.6. The van der Waals surface area contributed by atoms with Gasteiger partial charge in [0.05, 0.1) is 6.04 Å². The maximum atomic E-state index is 13.2. The van der Waals surface area contributed by atoms with Crippen molar-refractivity contribution in [2.75, 3.05) is 19.6 Å². The number of aromatic nitrogens is 1. The lowest BCUT2D eigenvalue weighted by atomic mass is 9.95. The molecule has 1 aromatic heterocycles.